The summed E-state index contributed by atoms with van der Waals surface area (Å²) in [5, 5.41) is 9.06. The average Bonchev–Trinajstić information content (AvgIpc) is 2.73. The Balaban J connectivity index is 2.75. The minimum absolute atomic E-state index is 0.0995. The lowest BCUT2D eigenvalue weighted by Gasteiger charge is -2.32. The first-order valence-electron chi connectivity index (χ1n) is 5.86. The van der Waals surface area contributed by atoms with E-state index in [1.165, 1.54) is 16.7 Å². The van der Waals surface area contributed by atoms with Crippen LogP contribution in [0.1, 0.15) is 27.2 Å². The van der Waals surface area contributed by atoms with E-state index in [0.717, 1.165) is 6.42 Å². The van der Waals surface area contributed by atoms with E-state index in [0.29, 0.717) is 18.2 Å². The molecule has 5 nitrogen and oxygen atoms in total. The van der Waals surface area contributed by atoms with Crippen LogP contribution in [0.5, 0.6) is 0 Å². The SMILES string of the molecule is CCCN(C(=O)N1CSCC1C(=O)O)C(C)C. The molecule has 0 aromatic carbocycles. The van der Waals surface area contributed by atoms with Crippen LogP contribution < -0.4 is 0 Å². The van der Waals surface area contributed by atoms with Gasteiger partial charge in [-0.05, 0) is 20.3 Å². The number of nitrogens with zero attached hydrogens (tertiary/aromatic N) is 2. The number of amides is 2. The molecule has 0 aromatic heterocycles. The molecule has 17 heavy (non-hydrogen) atoms. The summed E-state index contributed by atoms with van der Waals surface area (Å²) in [6.07, 6.45) is 0.878. The maximum Gasteiger partial charge on any atom is 0.327 e. The van der Waals surface area contributed by atoms with Gasteiger partial charge in [0.15, 0.2) is 0 Å². The first-order valence-corrected chi connectivity index (χ1v) is 7.02. The number of hydrogen-bond donors (Lipinski definition) is 1. The maximum atomic E-state index is 12.3. The van der Waals surface area contributed by atoms with Crippen molar-refractivity contribution in [2.24, 2.45) is 0 Å². The van der Waals surface area contributed by atoms with Gasteiger partial charge in [0, 0.05) is 18.3 Å². The molecule has 1 aliphatic heterocycles. The van der Waals surface area contributed by atoms with E-state index in [9.17, 15) is 9.59 Å². The summed E-state index contributed by atoms with van der Waals surface area (Å²) in [5.74, 6) is 0.0468. The largest absolute Gasteiger partial charge is 0.480 e. The van der Waals surface area contributed by atoms with Crippen LogP contribution in [0, 0.1) is 0 Å². The number of carboxylic acid groups (broad SMARTS) is 1. The maximum absolute atomic E-state index is 12.3. The minimum atomic E-state index is -0.913. The predicted molar refractivity (Wildman–Crippen MR) is 68.1 cm³/mol. The molecule has 1 saturated heterocycles. The fraction of sp³-hybridized carbons (Fsp3) is 0.818. The molecule has 1 unspecified atom stereocenters. The summed E-state index contributed by atoms with van der Waals surface area (Å²) < 4.78 is 0. The topological polar surface area (TPSA) is 60.9 Å². The third kappa shape index (κ3) is 3.28. The molecule has 6 heteroatoms. The van der Waals surface area contributed by atoms with Crippen molar-refractivity contribution in [3.8, 4) is 0 Å². The molecule has 0 bridgehead atoms. The van der Waals surface area contributed by atoms with Crippen molar-refractivity contribution in [3.63, 3.8) is 0 Å². The molecule has 0 saturated carbocycles. The molecule has 1 N–H and O–H groups in total. The van der Waals surface area contributed by atoms with Crippen molar-refractivity contribution in [1.29, 1.82) is 0 Å². The molecule has 0 spiro atoms. The first kappa shape index (κ1) is 14.2. The molecule has 1 fully saturated rings. The number of hydrogen-bond acceptors (Lipinski definition) is 3. The Morgan fingerprint density at radius 1 is 1.53 bits per heavy atom. The fourth-order valence-electron chi connectivity index (χ4n) is 1.82. The molecule has 0 aliphatic carbocycles. The van der Waals surface area contributed by atoms with Gasteiger partial charge in [0.05, 0.1) is 5.88 Å². The average molecular weight is 260 g/mol. The molecule has 1 atom stereocenters. The summed E-state index contributed by atoms with van der Waals surface area (Å²) in [5.41, 5.74) is 0. The molecule has 2 amide bonds. The van der Waals surface area contributed by atoms with Gasteiger partial charge in [0.25, 0.3) is 0 Å². The highest BCUT2D eigenvalue weighted by Gasteiger charge is 2.37. The zero-order chi connectivity index (χ0) is 13.0. The number of thioether (sulfide) groups is 1. The van der Waals surface area contributed by atoms with Crippen LogP contribution >= 0.6 is 11.8 Å². The lowest BCUT2D eigenvalue weighted by molar-refractivity contribution is -0.141. The highest BCUT2D eigenvalue weighted by atomic mass is 32.2. The van der Waals surface area contributed by atoms with Gasteiger partial charge in [-0.1, -0.05) is 6.92 Å². The molecule has 1 heterocycles. The van der Waals surface area contributed by atoms with Crippen LogP contribution in [-0.4, -0.2) is 57.2 Å². The van der Waals surface area contributed by atoms with Gasteiger partial charge >= 0.3 is 12.0 Å². The standard InChI is InChI=1S/C11H20N2O3S/c1-4-5-12(8(2)3)11(16)13-7-17-6-9(13)10(14)15/h8-9H,4-7H2,1-3H3,(H,14,15). The molecule has 1 rings (SSSR count). The number of rotatable bonds is 4. The molecule has 0 aromatic rings. The third-order valence-corrected chi connectivity index (χ3v) is 3.76. The first-order chi connectivity index (χ1) is 7.99. The highest BCUT2D eigenvalue weighted by molar-refractivity contribution is 7.99. The van der Waals surface area contributed by atoms with Gasteiger partial charge < -0.3 is 14.9 Å². The van der Waals surface area contributed by atoms with Gasteiger partial charge in [0.1, 0.15) is 6.04 Å². The van der Waals surface area contributed by atoms with Crippen molar-refractivity contribution in [1.82, 2.24) is 9.80 Å². The lowest BCUT2D eigenvalue weighted by Crippen LogP contribution is -2.51. The van der Waals surface area contributed by atoms with Crippen molar-refractivity contribution in [2.45, 2.75) is 39.3 Å². The van der Waals surface area contributed by atoms with E-state index in [1.807, 2.05) is 20.8 Å². The smallest absolute Gasteiger partial charge is 0.327 e. The molecular formula is C11H20N2O3S. The second-order valence-corrected chi connectivity index (χ2v) is 5.39. The fourth-order valence-corrected chi connectivity index (χ4v) is 2.95. The number of carbonyl (C=O) groups excluding carboxylic acids is 1. The van der Waals surface area contributed by atoms with Crippen LogP contribution in [-0.2, 0) is 4.79 Å². The van der Waals surface area contributed by atoms with Crippen LogP contribution in [0.3, 0.4) is 0 Å². The molecule has 1 aliphatic rings. The Kier molecular flexibility index (Phi) is 5.11. The van der Waals surface area contributed by atoms with E-state index in [4.69, 9.17) is 5.11 Å². The van der Waals surface area contributed by atoms with Gasteiger partial charge in [-0.3, -0.25) is 0 Å². The quantitative estimate of drug-likeness (QED) is 0.835. The highest BCUT2D eigenvalue weighted by Crippen LogP contribution is 2.23. The second kappa shape index (κ2) is 6.14. The van der Waals surface area contributed by atoms with Crippen LogP contribution in [0.25, 0.3) is 0 Å². The molecular weight excluding hydrogens is 240 g/mol. The second-order valence-electron chi connectivity index (χ2n) is 4.39. The van der Waals surface area contributed by atoms with Crippen molar-refractivity contribution < 1.29 is 14.7 Å². The lowest BCUT2D eigenvalue weighted by atomic mass is 10.2. The zero-order valence-electron chi connectivity index (χ0n) is 10.5. The van der Waals surface area contributed by atoms with Crippen molar-refractivity contribution >= 4 is 23.8 Å². The van der Waals surface area contributed by atoms with Gasteiger partial charge in [0.2, 0.25) is 0 Å². The van der Waals surface area contributed by atoms with Crippen LogP contribution in [0.4, 0.5) is 4.79 Å². The minimum Gasteiger partial charge on any atom is -0.480 e. The monoisotopic (exact) mass is 260 g/mol. The van der Waals surface area contributed by atoms with Gasteiger partial charge in [-0.15, -0.1) is 11.8 Å². The summed E-state index contributed by atoms with van der Waals surface area (Å²) in [6, 6.07) is -0.729. The summed E-state index contributed by atoms with van der Waals surface area (Å²) in [7, 11) is 0. The number of carboxylic acids is 1. The molecule has 98 valence electrons. The van der Waals surface area contributed by atoms with Crippen molar-refractivity contribution in [2.75, 3.05) is 18.2 Å². The summed E-state index contributed by atoms with van der Waals surface area (Å²) in [4.78, 5) is 26.5. The Bertz CT molecular complexity index is 296. The Labute approximate surface area is 106 Å². The Hall–Kier alpha value is -0.910. The third-order valence-electron chi connectivity index (χ3n) is 2.75. The number of urea groups is 1. The summed E-state index contributed by atoms with van der Waals surface area (Å²) in [6.45, 7) is 6.58. The number of aliphatic carboxylic acids is 1. The van der Waals surface area contributed by atoms with E-state index >= 15 is 0 Å². The van der Waals surface area contributed by atoms with E-state index in [1.54, 1.807) is 4.90 Å². The van der Waals surface area contributed by atoms with E-state index in [2.05, 4.69) is 0 Å². The normalized spacial score (nSPS) is 19.8. The van der Waals surface area contributed by atoms with Crippen molar-refractivity contribution in [3.05, 3.63) is 0 Å². The zero-order valence-corrected chi connectivity index (χ0v) is 11.4. The number of carbonyl (C=O) groups is 2. The van der Waals surface area contributed by atoms with Crippen LogP contribution in [0.2, 0.25) is 0 Å². The van der Waals surface area contributed by atoms with Crippen LogP contribution in [0.15, 0.2) is 0 Å². The van der Waals surface area contributed by atoms with Gasteiger partial charge in [-0.25, -0.2) is 9.59 Å². The summed E-state index contributed by atoms with van der Waals surface area (Å²) >= 11 is 1.49. The van der Waals surface area contributed by atoms with E-state index in [-0.39, 0.29) is 12.1 Å². The van der Waals surface area contributed by atoms with Gasteiger partial charge in [-0.2, -0.15) is 0 Å². The predicted octanol–water partition coefficient (Wildman–Crippen LogP) is 1.69. The van der Waals surface area contributed by atoms with E-state index < -0.39 is 12.0 Å². The Morgan fingerprint density at radius 3 is 2.65 bits per heavy atom. The Morgan fingerprint density at radius 2 is 2.18 bits per heavy atom. The molecule has 0 radical (unpaired) electrons.